The SMILES string of the molecule is COc1ccc(NC(=O)CSc2nnc(-c3cc4ccccc4oc3=O)o2)cc1. The first-order chi connectivity index (χ1) is 14.1. The zero-order chi connectivity index (χ0) is 20.2. The highest BCUT2D eigenvalue weighted by Crippen LogP contribution is 2.24. The summed E-state index contributed by atoms with van der Waals surface area (Å²) in [6.07, 6.45) is 0. The fourth-order valence-electron chi connectivity index (χ4n) is 2.59. The molecule has 0 spiro atoms. The molecular formula is C20H15N3O5S. The summed E-state index contributed by atoms with van der Waals surface area (Å²) in [6.45, 7) is 0. The number of nitrogens with zero attached hydrogens (tertiary/aromatic N) is 2. The Morgan fingerprint density at radius 2 is 1.90 bits per heavy atom. The van der Waals surface area contributed by atoms with Crippen molar-refractivity contribution in [1.29, 1.82) is 0 Å². The molecule has 4 rings (SSSR count). The predicted octanol–water partition coefficient (Wildman–Crippen LogP) is 3.58. The number of fused-ring (bicyclic) bond motifs is 1. The molecule has 0 saturated carbocycles. The standard InChI is InChI=1S/C20H15N3O5S/c1-26-14-8-6-13(7-9-14)21-17(24)11-29-20-23-22-18(28-20)15-10-12-4-2-3-5-16(12)27-19(15)25/h2-10H,11H2,1H3,(H,21,24). The number of ether oxygens (including phenoxy) is 1. The number of thioether (sulfide) groups is 1. The average molecular weight is 409 g/mol. The Labute approximate surface area is 168 Å². The van der Waals surface area contributed by atoms with Gasteiger partial charge in [0, 0.05) is 11.1 Å². The van der Waals surface area contributed by atoms with Gasteiger partial charge in [-0.3, -0.25) is 4.79 Å². The second-order valence-electron chi connectivity index (χ2n) is 5.92. The van der Waals surface area contributed by atoms with Crippen LogP contribution in [0.4, 0.5) is 5.69 Å². The van der Waals surface area contributed by atoms with Crippen LogP contribution in [0.2, 0.25) is 0 Å². The number of aromatic nitrogens is 2. The second-order valence-corrected chi connectivity index (χ2v) is 6.85. The van der Waals surface area contributed by atoms with Crippen molar-refractivity contribution in [2.24, 2.45) is 0 Å². The molecule has 29 heavy (non-hydrogen) atoms. The topological polar surface area (TPSA) is 107 Å². The van der Waals surface area contributed by atoms with Gasteiger partial charge in [0.05, 0.1) is 12.9 Å². The zero-order valence-corrected chi connectivity index (χ0v) is 16.1. The van der Waals surface area contributed by atoms with Gasteiger partial charge in [-0.2, -0.15) is 0 Å². The Morgan fingerprint density at radius 3 is 2.69 bits per heavy atom. The summed E-state index contributed by atoms with van der Waals surface area (Å²) in [5.74, 6) is 0.585. The van der Waals surface area contributed by atoms with E-state index in [2.05, 4.69) is 15.5 Å². The van der Waals surface area contributed by atoms with Gasteiger partial charge in [-0.05, 0) is 36.4 Å². The molecule has 146 valence electrons. The molecule has 8 nitrogen and oxygen atoms in total. The van der Waals surface area contributed by atoms with E-state index in [1.165, 1.54) is 0 Å². The van der Waals surface area contributed by atoms with Crippen LogP contribution < -0.4 is 15.7 Å². The summed E-state index contributed by atoms with van der Waals surface area (Å²) >= 11 is 1.07. The van der Waals surface area contributed by atoms with Gasteiger partial charge in [-0.15, -0.1) is 10.2 Å². The molecule has 2 heterocycles. The average Bonchev–Trinajstić information content (AvgIpc) is 3.21. The van der Waals surface area contributed by atoms with E-state index in [0.717, 1.165) is 17.1 Å². The van der Waals surface area contributed by atoms with Crippen LogP contribution in [0.3, 0.4) is 0 Å². The number of hydrogen-bond donors (Lipinski definition) is 1. The molecule has 0 bridgehead atoms. The van der Waals surface area contributed by atoms with Gasteiger partial charge in [-0.25, -0.2) is 4.79 Å². The molecule has 0 radical (unpaired) electrons. The van der Waals surface area contributed by atoms with Crippen LogP contribution in [0, 0.1) is 0 Å². The van der Waals surface area contributed by atoms with Gasteiger partial charge in [0.1, 0.15) is 16.9 Å². The molecule has 0 unspecified atom stereocenters. The third-order valence-corrected chi connectivity index (χ3v) is 4.80. The van der Waals surface area contributed by atoms with Crippen molar-refractivity contribution in [2.45, 2.75) is 5.22 Å². The molecule has 9 heteroatoms. The Hall–Kier alpha value is -3.59. The molecule has 0 aliphatic carbocycles. The monoisotopic (exact) mass is 409 g/mol. The first-order valence-electron chi connectivity index (χ1n) is 8.56. The number of methoxy groups -OCH3 is 1. The summed E-state index contributed by atoms with van der Waals surface area (Å²) < 4.78 is 15.9. The van der Waals surface area contributed by atoms with Gasteiger partial charge in [0.2, 0.25) is 5.91 Å². The quantitative estimate of drug-likeness (QED) is 0.380. The Kier molecular flexibility index (Phi) is 5.30. The van der Waals surface area contributed by atoms with Crippen molar-refractivity contribution < 1.29 is 18.4 Å². The second kappa shape index (κ2) is 8.19. The van der Waals surface area contributed by atoms with Crippen molar-refractivity contribution in [3.8, 4) is 17.2 Å². The predicted molar refractivity (Wildman–Crippen MR) is 108 cm³/mol. The third kappa shape index (κ3) is 4.30. The van der Waals surface area contributed by atoms with Crippen molar-refractivity contribution in [1.82, 2.24) is 10.2 Å². The maximum atomic E-state index is 12.2. The minimum absolute atomic E-state index is 0.0440. The number of nitrogens with one attached hydrogen (secondary N) is 1. The van der Waals surface area contributed by atoms with E-state index in [-0.39, 0.29) is 28.3 Å². The summed E-state index contributed by atoms with van der Waals surface area (Å²) in [4.78, 5) is 24.3. The minimum atomic E-state index is -0.568. The molecule has 4 aromatic rings. The highest BCUT2D eigenvalue weighted by molar-refractivity contribution is 7.99. The zero-order valence-electron chi connectivity index (χ0n) is 15.2. The molecule has 2 aromatic heterocycles. The van der Waals surface area contributed by atoms with Crippen LogP contribution in [-0.4, -0.2) is 29.0 Å². The maximum absolute atomic E-state index is 12.2. The largest absolute Gasteiger partial charge is 0.497 e. The number of carbonyl (C=O) groups excluding carboxylic acids is 1. The Balaban J connectivity index is 1.42. The maximum Gasteiger partial charge on any atom is 0.349 e. The lowest BCUT2D eigenvalue weighted by molar-refractivity contribution is -0.113. The minimum Gasteiger partial charge on any atom is -0.497 e. The van der Waals surface area contributed by atoms with E-state index < -0.39 is 5.63 Å². The Bertz CT molecular complexity index is 1220. The molecular weight excluding hydrogens is 394 g/mol. The normalized spacial score (nSPS) is 10.8. The van der Waals surface area contributed by atoms with Crippen LogP contribution in [0.1, 0.15) is 0 Å². The lowest BCUT2D eigenvalue weighted by Crippen LogP contribution is -2.13. The first-order valence-corrected chi connectivity index (χ1v) is 9.54. The van der Waals surface area contributed by atoms with Crippen molar-refractivity contribution in [3.05, 3.63) is 65.0 Å². The fourth-order valence-corrected chi connectivity index (χ4v) is 3.15. The van der Waals surface area contributed by atoms with E-state index in [4.69, 9.17) is 13.6 Å². The number of anilines is 1. The van der Waals surface area contributed by atoms with Crippen LogP contribution >= 0.6 is 11.8 Å². The van der Waals surface area contributed by atoms with Crippen molar-refractivity contribution in [2.75, 3.05) is 18.2 Å². The number of benzene rings is 2. The molecule has 0 aliphatic heterocycles. The molecule has 0 saturated heterocycles. The van der Waals surface area contributed by atoms with Crippen molar-refractivity contribution >= 4 is 34.3 Å². The van der Waals surface area contributed by atoms with Crippen molar-refractivity contribution in [3.63, 3.8) is 0 Å². The molecule has 2 aromatic carbocycles. The number of carbonyl (C=O) groups is 1. The number of hydrogen-bond acceptors (Lipinski definition) is 8. The van der Waals surface area contributed by atoms with E-state index in [0.29, 0.717) is 17.0 Å². The summed E-state index contributed by atoms with van der Waals surface area (Å²) in [5.41, 5.74) is 0.730. The van der Waals surface area contributed by atoms with Crippen LogP contribution in [0.5, 0.6) is 5.75 Å². The van der Waals surface area contributed by atoms with Gasteiger partial charge in [0.15, 0.2) is 0 Å². The highest BCUT2D eigenvalue weighted by Gasteiger charge is 2.16. The van der Waals surface area contributed by atoms with E-state index >= 15 is 0 Å². The van der Waals surface area contributed by atoms with Crippen LogP contribution in [0.15, 0.2) is 73.4 Å². The number of rotatable bonds is 6. The third-order valence-electron chi connectivity index (χ3n) is 3.98. The van der Waals surface area contributed by atoms with Crippen LogP contribution in [-0.2, 0) is 4.79 Å². The van der Waals surface area contributed by atoms with Gasteiger partial charge in [-0.1, -0.05) is 30.0 Å². The molecule has 0 atom stereocenters. The smallest absolute Gasteiger partial charge is 0.349 e. The molecule has 1 N–H and O–H groups in total. The lowest BCUT2D eigenvalue weighted by Gasteiger charge is -2.05. The molecule has 0 aliphatic rings. The summed E-state index contributed by atoms with van der Waals surface area (Å²) in [5, 5.41) is 11.5. The molecule has 0 fully saturated rings. The van der Waals surface area contributed by atoms with Gasteiger partial charge < -0.3 is 18.9 Å². The fraction of sp³-hybridized carbons (Fsp3) is 0.100. The van der Waals surface area contributed by atoms with Gasteiger partial charge >= 0.3 is 5.63 Å². The van der Waals surface area contributed by atoms with Gasteiger partial charge in [0.25, 0.3) is 11.1 Å². The lowest BCUT2D eigenvalue weighted by atomic mass is 10.2. The summed E-state index contributed by atoms with van der Waals surface area (Å²) in [6, 6.07) is 15.8. The van der Waals surface area contributed by atoms with Crippen LogP contribution in [0.25, 0.3) is 22.4 Å². The number of para-hydroxylation sites is 1. The molecule has 1 amide bonds. The Morgan fingerprint density at radius 1 is 1.10 bits per heavy atom. The van der Waals surface area contributed by atoms with E-state index in [1.807, 2.05) is 12.1 Å². The van der Waals surface area contributed by atoms with E-state index in [9.17, 15) is 9.59 Å². The summed E-state index contributed by atoms with van der Waals surface area (Å²) in [7, 11) is 1.57. The number of amides is 1. The first kappa shape index (κ1) is 18.8. The van der Waals surface area contributed by atoms with E-state index in [1.54, 1.807) is 49.6 Å². The highest BCUT2D eigenvalue weighted by atomic mass is 32.2.